The molecule has 0 amide bonds. The number of nitrogens with zero attached hydrogens (tertiary/aromatic N) is 3. The Morgan fingerprint density at radius 2 is 1.95 bits per heavy atom. The maximum Gasteiger partial charge on any atom is 0.154 e. The number of benzene rings is 1. The van der Waals surface area contributed by atoms with E-state index in [9.17, 15) is 0 Å². The molecule has 0 atom stereocenters. The van der Waals surface area contributed by atoms with Crippen LogP contribution in [-0.2, 0) is 19.4 Å². The monoisotopic (exact) mass is 255 g/mol. The van der Waals surface area contributed by atoms with E-state index < -0.39 is 0 Å². The summed E-state index contributed by atoms with van der Waals surface area (Å²) in [6.45, 7) is 3.08. The van der Waals surface area contributed by atoms with Gasteiger partial charge in [-0.25, -0.2) is 4.98 Å². The minimum absolute atomic E-state index is 0.653. The van der Waals surface area contributed by atoms with E-state index in [4.69, 9.17) is 4.98 Å². The minimum atomic E-state index is 0.653. The molecule has 0 saturated heterocycles. The van der Waals surface area contributed by atoms with Crippen LogP contribution in [0.2, 0.25) is 0 Å². The van der Waals surface area contributed by atoms with E-state index >= 15 is 0 Å². The van der Waals surface area contributed by atoms with Gasteiger partial charge in [0.25, 0.3) is 0 Å². The molecule has 1 aromatic heterocycles. The van der Waals surface area contributed by atoms with E-state index in [1.165, 1.54) is 24.2 Å². The second kappa shape index (κ2) is 5.55. The van der Waals surface area contributed by atoms with Crippen LogP contribution in [0.3, 0.4) is 0 Å². The summed E-state index contributed by atoms with van der Waals surface area (Å²) in [5.74, 6) is 2.90. The number of aromatic nitrogens is 3. The van der Waals surface area contributed by atoms with Crippen LogP contribution in [0.5, 0.6) is 0 Å². The molecule has 19 heavy (non-hydrogen) atoms. The van der Waals surface area contributed by atoms with Crippen LogP contribution in [0.25, 0.3) is 0 Å². The van der Waals surface area contributed by atoms with Gasteiger partial charge in [0.15, 0.2) is 5.82 Å². The number of rotatable bonds is 6. The van der Waals surface area contributed by atoms with Crippen molar-refractivity contribution in [2.75, 3.05) is 0 Å². The third-order valence-electron chi connectivity index (χ3n) is 3.72. The zero-order valence-corrected chi connectivity index (χ0v) is 11.5. The molecule has 100 valence electrons. The molecule has 3 nitrogen and oxygen atoms in total. The Kier molecular flexibility index (Phi) is 3.62. The summed E-state index contributed by atoms with van der Waals surface area (Å²) in [7, 11) is 0. The second-order valence-corrected chi connectivity index (χ2v) is 5.32. The van der Waals surface area contributed by atoms with E-state index in [0.29, 0.717) is 5.92 Å². The highest BCUT2D eigenvalue weighted by molar-refractivity contribution is 5.15. The maximum atomic E-state index is 4.73. The lowest BCUT2D eigenvalue weighted by Gasteiger charge is -2.03. The summed E-state index contributed by atoms with van der Waals surface area (Å²) in [4.78, 5) is 4.73. The standard InChI is InChI=1S/C16H21N3/c1-2-19-15(17-16(18-19)14-11-12-14)10-6-9-13-7-4-3-5-8-13/h3-5,7-8,14H,2,6,9-12H2,1H3. The number of hydrogen-bond donors (Lipinski definition) is 0. The van der Waals surface area contributed by atoms with Crippen molar-refractivity contribution in [1.29, 1.82) is 0 Å². The molecule has 3 rings (SSSR count). The van der Waals surface area contributed by atoms with Crippen LogP contribution in [-0.4, -0.2) is 14.8 Å². The van der Waals surface area contributed by atoms with E-state index in [2.05, 4.69) is 47.0 Å². The molecule has 1 aliphatic rings. The van der Waals surface area contributed by atoms with Gasteiger partial charge in [0, 0.05) is 18.9 Å². The van der Waals surface area contributed by atoms with Gasteiger partial charge in [-0.2, -0.15) is 5.10 Å². The van der Waals surface area contributed by atoms with Crippen LogP contribution in [0.15, 0.2) is 30.3 Å². The fourth-order valence-corrected chi connectivity index (χ4v) is 2.44. The molecule has 1 heterocycles. The SMILES string of the molecule is CCn1nc(C2CC2)nc1CCCc1ccccc1. The number of hydrogen-bond acceptors (Lipinski definition) is 2. The van der Waals surface area contributed by atoms with Crippen LogP contribution in [0.4, 0.5) is 0 Å². The van der Waals surface area contributed by atoms with Crippen molar-refractivity contribution < 1.29 is 0 Å². The lowest BCUT2D eigenvalue weighted by Crippen LogP contribution is -2.04. The molecule has 0 bridgehead atoms. The predicted molar refractivity (Wildman–Crippen MR) is 76.1 cm³/mol. The van der Waals surface area contributed by atoms with Crippen molar-refractivity contribution in [3.63, 3.8) is 0 Å². The molecule has 0 spiro atoms. The average Bonchev–Trinajstić information content (AvgIpc) is 3.22. The minimum Gasteiger partial charge on any atom is -0.250 e. The van der Waals surface area contributed by atoms with Crippen molar-refractivity contribution >= 4 is 0 Å². The molecule has 3 heteroatoms. The van der Waals surface area contributed by atoms with Crippen molar-refractivity contribution in [3.05, 3.63) is 47.5 Å². The smallest absolute Gasteiger partial charge is 0.154 e. The van der Waals surface area contributed by atoms with Gasteiger partial charge in [0.05, 0.1) is 0 Å². The van der Waals surface area contributed by atoms with Gasteiger partial charge in [-0.1, -0.05) is 30.3 Å². The topological polar surface area (TPSA) is 30.7 Å². The van der Waals surface area contributed by atoms with Crippen LogP contribution in [0.1, 0.15) is 49.3 Å². The molecule has 1 aliphatic carbocycles. The van der Waals surface area contributed by atoms with Gasteiger partial charge in [-0.3, -0.25) is 4.68 Å². The van der Waals surface area contributed by atoms with Gasteiger partial charge in [0.2, 0.25) is 0 Å². The highest BCUT2D eigenvalue weighted by atomic mass is 15.3. The first kappa shape index (κ1) is 12.4. The highest BCUT2D eigenvalue weighted by Crippen LogP contribution is 2.38. The second-order valence-electron chi connectivity index (χ2n) is 5.32. The highest BCUT2D eigenvalue weighted by Gasteiger charge is 2.28. The Hall–Kier alpha value is -1.64. The summed E-state index contributed by atoms with van der Waals surface area (Å²) in [6.07, 6.45) is 5.85. The first-order valence-corrected chi connectivity index (χ1v) is 7.34. The Bertz CT molecular complexity index is 526. The van der Waals surface area contributed by atoms with Gasteiger partial charge >= 0.3 is 0 Å². The summed E-state index contributed by atoms with van der Waals surface area (Å²) in [5, 5.41) is 4.62. The van der Waals surface area contributed by atoms with E-state index in [1.54, 1.807) is 0 Å². The van der Waals surface area contributed by atoms with Gasteiger partial charge in [-0.05, 0) is 38.2 Å². The molecule has 0 unspecified atom stereocenters. The maximum absolute atomic E-state index is 4.73. The van der Waals surface area contributed by atoms with Crippen molar-refractivity contribution in [3.8, 4) is 0 Å². The van der Waals surface area contributed by atoms with Crippen LogP contribution >= 0.6 is 0 Å². The largest absolute Gasteiger partial charge is 0.250 e. The lowest BCUT2D eigenvalue weighted by molar-refractivity contribution is 0.598. The quantitative estimate of drug-likeness (QED) is 0.792. The van der Waals surface area contributed by atoms with Crippen molar-refractivity contribution in [2.24, 2.45) is 0 Å². The molecular formula is C16H21N3. The van der Waals surface area contributed by atoms with Gasteiger partial charge < -0.3 is 0 Å². The average molecular weight is 255 g/mol. The fraction of sp³-hybridized carbons (Fsp3) is 0.500. The summed E-state index contributed by atoms with van der Waals surface area (Å²) >= 11 is 0. The fourth-order valence-electron chi connectivity index (χ4n) is 2.44. The first-order valence-electron chi connectivity index (χ1n) is 7.34. The van der Waals surface area contributed by atoms with E-state index in [-0.39, 0.29) is 0 Å². The van der Waals surface area contributed by atoms with Gasteiger partial charge in [0.1, 0.15) is 5.82 Å². The molecule has 1 saturated carbocycles. The van der Waals surface area contributed by atoms with Crippen LogP contribution in [0, 0.1) is 0 Å². The Labute approximate surface area is 114 Å². The molecule has 2 aromatic rings. The van der Waals surface area contributed by atoms with E-state index in [0.717, 1.165) is 31.6 Å². The molecule has 1 aromatic carbocycles. The summed E-state index contributed by atoms with van der Waals surface area (Å²) < 4.78 is 2.08. The van der Waals surface area contributed by atoms with E-state index in [1.807, 2.05) is 0 Å². The van der Waals surface area contributed by atoms with Crippen molar-refractivity contribution in [2.45, 2.75) is 51.5 Å². The predicted octanol–water partition coefficient (Wildman–Crippen LogP) is 3.35. The Morgan fingerprint density at radius 3 is 2.63 bits per heavy atom. The zero-order valence-electron chi connectivity index (χ0n) is 11.5. The van der Waals surface area contributed by atoms with Crippen LogP contribution < -0.4 is 0 Å². The zero-order chi connectivity index (χ0) is 13.1. The van der Waals surface area contributed by atoms with Crippen molar-refractivity contribution in [1.82, 2.24) is 14.8 Å². The third-order valence-corrected chi connectivity index (χ3v) is 3.72. The molecule has 0 N–H and O–H groups in total. The third kappa shape index (κ3) is 3.03. The Morgan fingerprint density at radius 1 is 1.16 bits per heavy atom. The molecular weight excluding hydrogens is 234 g/mol. The Balaban J connectivity index is 1.60. The van der Waals surface area contributed by atoms with Gasteiger partial charge in [-0.15, -0.1) is 0 Å². The first-order chi connectivity index (χ1) is 9.36. The lowest BCUT2D eigenvalue weighted by atomic mass is 10.1. The number of aryl methyl sites for hydroxylation is 3. The molecule has 1 fully saturated rings. The molecule has 0 aliphatic heterocycles. The summed E-state index contributed by atoms with van der Waals surface area (Å²) in [6, 6.07) is 10.7. The molecule has 0 radical (unpaired) electrons. The summed E-state index contributed by atoms with van der Waals surface area (Å²) in [5.41, 5.74) is 1.41. The normalized spacial score (nSPS) is 14.8.